The monoisotopic (exact) mass is 317 g/mol. The molecule has 1 unspecified atom stereocenters. The van der Waals surface area contributed by atoms with Gasteiger partial charge in [-0.3, -0.25) is 9.59 Å². The molecule has 0 amide bonds. The fourth-order valence-electron chi connectivity index (χ4n) is 2.78. The lowest BCUT2D eigenvalue weighted by atomic mass is 9.73. The molecule has 0 saturated heterocycles. The maximum Gasteiger partial charge on any atom is 0.320 e. The van der Waals surface area contributed by atoms with E-state index in [0.29, 0.717) is 12.8 Å². The summed E-state index contributed by atoms with van der Waals surface area (Å²) in [5, 5.41) is 9.78. The molecule has 0 aliphatic heterocycles. The van der Waals surface area contributed by atoms with Gasteiger partial charge in [0.25, 0.3) is 0 Å². The van der Waals surface area contributed by atoms with Gasteiger partial charge in [0.2, 0.25) is 0 Å². The minimum atomic E-state index is -1.00. The number of nitrogens with zero attached hydrogens (tertiary/aromatic N) is 1. The molecule has 5 heteroatoms. The van der Waals surface area contributed by atoms with E-state index in [0.717, 1.165) is 12.0 Å². The van der Waals surface area contributed by atoms with Crippen molar-refractivity contribution in [2.24, 2.45) is 5.92 Å². The Hall–Kier alpha value is -2.35. The highest BCUT2D eigenvalue weighted by atomic mass is 16.5. The van der Waals surface area contributed by atoms with E-state index in [2.05, 4.69) is 15.5 Å². The lowest BCUT2D eigenvalue weighted by Crippen LogP contribution is -2.31. The van der Waals surface area contributed by atoms with Crippen molar-refractivity contribution in [1.29, 1.82) is 5.26 Å². The van der Waals surface area contributed by atoms with Crippen molar-refractivity contribution in [3.05, 3.63) is 35.9 Å². The molecule has 0 aromatic heterocycles. The maximum atomic E-state index is 11.8. The molecule has 1 aromatic rings. The van der Waals surface area contributed by atoms with Crippen LogP contribution in [0, 0.1) is 17.2 Å². The molecule has 0 radical (unpaired) electrons. The summed E-state index contributed by atoms with van der Waals surface area (Å²) < 4.78 is 9.35. The highest BCUT2D eigenvalue weighted by Gasteiger charge is 2.36. The smallest absolute Gasteiger partial charge is 0.320 e. The first-order valence-electron chi connectivity index (χ1n) is 7.67. The van der Waals surface area contributed by atoms with Crippen LogP contribution in [0.25, 0.3) is 0 Å². The van der Waals surface area contributed by atoms with E-state index in [1.807, 2.05) is 37.3 Å². The Labute approximate surface area is 137 Å². The van der Waals surface area contributed by atoms with Crippen molar-refractivity contribution in [3.8, 4) is 6.07 Å². The number of hydrogen-bond acceptors (Lipinski definition) is 5. The maximum absolute atomic E-state index is 11.8. The standard InChI is InChI=1S/C18H23NO4/c1-4-11-18(13-19,14-8-6-5-7-9-14)12-10-15(16(20)22-2)17(21)23-3/h5-9,15H,4,10-12H2,1-3H3. The van der Waals surface area contributed by atoms with Gasteiger partial charge in [0.1, 0.15) is 0 Å². The highest BCUT2D eigenvalue weighted by Crippen LogP contribution is 2.35. The van der Waals surface area contributed by atoms with Gasteiger partial charge in [-0.05, 0) is 24.8 Å². The highest BCUT2D eigenvalue weighted by molar-refractivity contribution is 5.94. The third kappa shape index (κ3) is 4.56. The average molecular weight is 317 g/mol. The van der Waals surface area contributed by atoms with Gasteiger partial charge in [-0.2, -0.15) is 5.26 Å². The van der Waals surface area contributed by atoms with E-state index < -0.39 is 23.3 Å². The molecule has 0 heterocycles. The summed E-state index contributed by atoms with van der Waals surface area (Å²) in [6, 6.07) is 11.9. The molecular formula is C18H23NO4. The fourth-order valence-corrected chi connectivity index (χ4v) is 2.78. The number of carbonyl (C=O) groups is 2. The lowest BCUT2D eigenvalue weighted by molar-refractivity contribution is -0.159. The molecule has 0 spiro atoms. The van der Waals surface area contributed by atoms with Gasteiger partial charge in [-0.1, -0.05) is 43.7 Å². The van der Waals surface area contributed by atoms with Crippen LogP contribution in [-0.2, 0) is 24.5 Å². The number of hydrogen-bond donors (Lipinski definition) is 0. The van der Waals surface area contributed by atoms with Crippen molar-refractivity contribution in [3.63, 3.8) is 0 Å². The molecule has 0 saturated carbocycles. The second kappa shape index (κ2) is 8.94. The molecule has 0 aliphatic rings. The Morgan fingerprint density at radius 1 is 1.13 bits per heavy atom. The van der Waals surface area contributed by atoms with Crippen LogP contribution in [0.1, 0.15) is 38.2 Å². The molecule has 1 aromatic carbocycles. The Morgan fingerprint density at radius 3 is 2.13 bits per heavy atom. The van der Waals surface area contributed by atoms with E-state index in [1.54, 1.807) is 0 Å². The average Bonchev–Trinajstić information content (AvgIpc) is 2.60. The minimum absolute atomic E-state index is 0.210. The Kier molecular flexibility index (Phi) is 7.27. The summed E-state index contributed by atoms with van der Waals surface area (Å²) in [4.78, 5) is 23.6. The second-order valence-corrected chi connectivity index (χ2v) is 5.45. The van der Waals surface area contributed by atoms with Crippen molar-refractivity contribution in [2.45, 2.75) is 38.0 Å². The van der Waals surface area contributed by atoms with E-state index in [-0.39, 0.29) is 6.42 Å². The number of carbonyl (C=O) groups excluding carboxylic acids is 2. The zero-order valence-electron chi connectivity index (χ0n) is 13.9. The molecule has 1 rings (SSSR count). The summed E-state index contributed by atoms with van der Waals surface area (Å²) in [7, 11) is 2.47. The first kappa shape index (κ1) is 18.7. The zero-order chi connectivity index (χ0) is 17.3. The van der Waals surface area contributed by atoms with Crippen LogP contribution in [0.4, 0.5) is 0 Å². The van der Waals surface area contributed by atoms with Crippen LogP contribution in [-0.4, -0.2) is 26.2 Å². The normalized spacial score (nSPS) is 13.0. The topological polar surface area (TPSA) is 76.4 Å². The van der Waals surface area contributed by atoms with Gasteiger partial charge in [0.15, 0.2) is 5.92 Å². The molecule has 23 heavy (non-hydrogen) atoms. The summed E-state index contributed by atoms with van der Waals surface area (Å²) in [5.74, 6) is -2.26. The van der Waals surface area contributed by atoms with Gasteiger partial charge in [-0.15, -0.1) is 0 Å². The number of methoxy groups -OCH3 is 2. The molecule has 0 N–H and O–H groups in total. The van der Waals surface area contributed by atoms with Crippen LogP contribution in [0.2, 0.25) is 0 Å². The van der Waals surface area contributed by atoms with E-state index in [4.69, 9.17) is 0 Å². The van der Waals surface area contributed by atoms with E-state index in [9.17, 15) is 14.9 Å². The van der Waals surface area contributed by atoms with Crippen LogP contribution in [0.5, 0.6) is 0 Å². The van der Waals surface area contributed by atoms with Gasteiger partial charge < -0.3 is 9.47 Å². The summed E-state index contributed by atoms with van der Waals surface area (Å²) in [6.07, 6.45) is 2.07. The number of benzene rings is 1. The SMILES string of the molecule is CCCC(C#N)(CCC(C(=O)OC)C(=O)OC)c1ccccc1. The summed E-state index contributed by atoms with van der Waals surface area (Å²) >= 11 is 0. The minimum Gasteiger partial charge on any atom is -0.468 e. The number of nitriles is 1. The Bertz CT molecular complexity index is 548. The van der Waals surface area contributed by atoms with Crippen molar-refractivity contribution < 1.29 is 19.1 Å². The van der Waals surface area contributed by atoms with E-state index >= 15 is 0 Å². The molecule has 0 fully saturated rings. The predicted molar refractivity (Wildman–Crippen MR) is 85.4 cm³/mol. The number of esters is 2. The van der Waals surface area contributed by atoms with Crippen molar-refractivity contribution in [1.82, 2.24) is 0 Å². The van der Waals surface area contributed by atoms with Crippen molar-refractivity contribution >= 4 is 11.9 Å². The Morgan fingerprint density at radius 2 is 1.70 bits per heavy atom. The zero-order valence-corrected chi connectivity index (χ0v) is 13.9. The van der Waals surface area contributed by atoms with Gasteiger partial charge >= 0.3 is 11.9 Å². The quantitative estimate of drug-likeness (QED) is 0.544. The number of rotatable bonds is 8. The Balaban J connectivity index is 3.04. The molecule has 0 bridgehead atoms. The van der Waals surface area contributed by atoms with Gasteiger partial charge in [0.05, 0.1) is 25.7 Å². The van der Waals surface area contributed by atoms with E-state index in [1.165, 1.54) is 14.2 Å². The number of ether oxygens (including phenoxy) is 2. The van der Waals surface area contributed by atoms with Gasteiger partial charge in [0, 0.05) is 0 Å². The van der Waals surface area contributed by atoms with Gasteiger partial charge in [-0.25, -0.2) is 0 Å². The molecule has 124 valence electrons. The van der Waals surface area contributed by atoms with Crippen molar-refractivity contribution in [2.75, 3.05) is 14.2 Å². The second-order valence-electron chi connectivity index (χ2n) is 5.45. The largest absolute Gasteiger partial charge is 0.468 e. The fraction of sp³-hybridized carbons (Fsp3) is 0.500. The third-order valence-corrected chi connectivity index (χ3v) is 4.05. The van der Waals surface area contributed by atoms with Crippen LogP contribution in [0.3, 0.4) is 0 Å². The van der Waals surface area contributed by atoms with Crippen LogP contribution < -0.4 is 0 Å². The molecule has 0 aliphatic carbocycles. The third-order valence-electron chi connectivity index (χ3n) is 4.05. The van der Waals surface area contributed by atoms with Crippen LogP contribution in [0.15, 0.2) is 30.3 Å². The summed E-state index contributed by atoms with van der Waals surface area (Å²) in [6.45, 7) is 2.01. The van der Waals surface area contributed by atoms with Crippen LogP contribution >= 0.6 is 0 Å². The molecule has 5 nitrogen and oxygen atoms in total. The molecular weight excluding hydrogens is 294 g/mol. The first-order valence-corrected chi connectivity index (χ1v) is 7.67. The predicted octanol–water partition coefficient (Wildman–Crippen LogP) is 2.99. The summed E-state index contributed by atoms with van der Waals surface area (Å²) in [5.41, 5.74) is 0.175. The molecule has 1 atom stereocenters. The lowest BCUT2D eigenvalue weighted by Gasteiger charge is -2.28. The first-order chi connectivity index (χ1) is 11.0.